The van der Waals surface area contributed by atoms with Crippen molar-refractivity contribution in [2.45, 2.75) is 13.8 Å². The average molecular weight is 754 g/mol. The number of halogens is 1. The van der Waals surface area contributed by atoms with Crippen LogP contribution < -0.4 is 22.6 Å². The second-order valence-corrected chi connectivity index (χ2v) is 12.9. The second-order valence-electron chi connectivity index (χ2n) is 9.64. The molecule has 0 unspecified atom stereocenters. The van der Waals surface area contributed by atoms with Crippen LogP contribution in [0.3, 0.4) is 0 Å². The molecule has 246 valence electrons. The molecule has 0 spiro atoms. The molecule has 0 radical (unpaired) electrons. The van der Waals surface area contributed by atoms with E-state index in [2.05, 4.69) is 26.1 Å². The van der Waals surface area contributed by atoms with Crippen molar-refractivity contribution in [2.24, 2.45) is 0 Å². The van der Waals surface area contributed by atoms with Gasteiger partial charge >= 0.3 is 17.9 Å². The van der Waals surface area contributed by atoms with Gasteiger partial charge in [-0.3, -0.25) is 9.59 Å². The van der Waals surface area contributed by atoms with E-state index >= 15 is 0 Å². The predicted octanol–water partition coefficient (Wildman–Crippen LogP) is 4.87. The number of rotatable bonds is 7. The molecule has 0 amide bonds. The third kappa shape index (κ3) is 6.42. The second kappa shape index (κ2) is 14.2. The van der Waals surface area contributed by atoms with Crippen LogP contribution in [0.25, 0.3) is 32.9 Å². The number of hydrogen-bond acceptors (Lipinski definition) is 13. The van der Waals surface area contributed by atoms with Crippen molar-refractivity contribution in [3.05, 3.63) is 101 Å². The van der Waals surface area contributed by atoms with Crippen LogP contribution in [0.4, 0.5) is 10.0 Å². The van der Waals surface area contributed by atoms with Crippen LogP contribution in [0, 0.1) is 0 Å². The number of esters is 2. The van der Waals surface area contributed by atoms with Crippen LogP contribution in [-0.2, 0) is 9.47 Å². The zero-order chi connectivity index (χ0) is 34.7. The van der Waals surface area contributed by atoms with Crippen molar-refractivity contribution < 1.29 is 29.0 Å². The molecule has 0 bridgehead atoms. The number of fused-ring (bicyclic) bond motifs is 2. The van der Waals surface area contributed by atoms with Gasteiger partial charge in [-0.2, -0.15) is 19.6 Å². The molecule has 17 heteroatoms. The minimum atomic E-state index is -1.14. The van der Waals surface area contributed by atoms with Gasteiger partial charge in [0, 0.05) is 16.2 Å². The lowest BCUT2D eigenvalue weighted by atomic mass is 10.2. The molecule has 4 aromatic heterocycles. The summed E-state index contributed by atoms with van der Waals surface area (Å²) in [6.07, 6.45) is 0. The largest absolute Gasteiger partial charge is 0.478 e. The Morgan fingerprint density at radius 2 is 1.40 bits per heavy atom. The molecule has 4 heterocycles. The van der Waals surface area contributed by atoms with Gasteiger partial charge in [0.15, 0.2) is 11.4 Å². The van der Waals surface area contributed by atoms with Crippen LogP contribution in [0.5, 0.6) is 0 Å². The highest BCUT2D eigenvalue weighted by molar-refractivity contribution is 9.11. The van der Waals surface area contributed by atoms with E-state index in [1.54, 1.807) is 43.5 Å². The van der Waals surface area contributed by atoms with Gasteiger partial charge in [0.25, 0.3) is 11.1 Å². The van der Waals surface area contributed by atoms with Crippen molar-refractivity contribution in [3.63, 3.8) is 0 Å². The molecule has 48 heavy (non-hydrogen) atoms. The molecule has 14 nitrogen and oxygen atoms in total. The minimum absolute atomic E-state index is 0.0118. The summed E-state index contributed by atoms with van der Waals surface area (Å²) in [5.41, 5.74) is 11.7. The van der Waals surface area contributed by atoms with Gasteiger partial charge < -0.3 is 26.0 Å². The van der Waals surface area contributed by atoms with Gasteiger partial charge in [-0.1, -0.05) is 24.3 Å². The van der Waals surface area contributed by atoms with Gasteiger partial charge in [0.2, 0.25) is 0 Å². The number of nitrogens with two attached hydrogens (primary N) is 2. The SMILES string of the molecule is CCOC(=O)c1nn(-c2cccc(C(=O)O)c2)c(=O)c2c(N)scc12.CCOC(=O)c1nn(-c2ccccc2)c(=O)c2c(N)sc(Br)c12. The molecular weight excluding hydrogens is 728 g/mol. The maximum absolute atomic E-state index is 12.8. The number of nitrogen functional groups attached to an aromatic ring is 2. The fourth-order valence-corrected chi connectivity index (χ4v) is 7.08. The number of thiophene rings is 2. The summed E-state index contributed by atoms with van der Waals surface area (Å²) >= 11 is 5.65. The van der Waals surface area contributed by atoms with E-state index in [4.69, 9.17) is 26.0 Å². The van der Waals surface area contributed by atoms with E-state index in [1.807, 2.05) is 6.07 Å². The van der Waals surface area contributed by atoms with Crippen molar-refractivity contribution in [1.29, 1.82) is 0 Å². The fourth-order valence-electron chi connectivity index (χ4n) is 4.60. The summed E-state index contributed by atoms with van der Waals surface area (Å²) in [5, 5.41) is 20.7. The lowest BCUT2D eigenvalue weighted by Crippen LogP contribution is -2.25. The van der Waals surface area contributed by atoms with E-state index in [-0.39, 0.29) is 57.2 Å². The van der Waals surface area contributed by atoms with E-state index in [0.717, 1.165) is 16.0 Å². The number of para-hydroxylation sites is 1. The first-order valence-electron chi connectivity index (χ1n) is 14.0. The number of ether oxygens (including phenoxy) is 2. The molecule has 6 rings (SSSR count). The summed E-state index contributed by atoms with van der Waals surface area (Å²) in [7, 11) is 0. The molecule has 0 saturated heterocycles. The molecule has 0 fully saturated rings. The Hall–Kier alpha value is -5.39. The predicted molar refractivity (Wildman–Crippen MR) is 186 cm³/mol. The van der Waals surface area contributed by atoms with Gasteiger partial charge in [0.1, 0.15) is 5.00 Å². The molecule has 0 atom stereocenters. The topological polar surface area (TPSA) is 212 Å². The zero-order valence-corrected chi connectivity index (χ0v) is 28.3. The molecule has 0 aliphatic carbocycles. The minimum Gasteiger partial charge on any atom is -0.478 e. The Morgan fingerprint density at radius 1 is 0.812 bits per heavy atom. The number of aromatic carboxylic acids is 1. The van der Waals surface area contributed by atoms with Gasteiger partial charge in [0.05, 0.1) is 49.7 Å². The third-order valence-electron chi connectivity index (χ3n) is 6.69. The lowest BCUT2D eigenvalue weighted by Gasteiger charge is -2.09. The van der Waals surface area contributed by atoms with Crippen molar-refractivity contribution in [2.75, 3.05) is 24.7 Å². The summed E-state index contributed by atoms with van der Waals surface area (Å²) in [4.78, 5) is 61.1. The first-order valence-corrected chi connectivity index (χ1v) is 16.5. The smallest absolute Gasteiger partial charge is 0.359 e. The number of benzene rings is 2. The highest BCUT2D eigenvalue weighted by atomic mass is 79.9. The van der Waals surface area contributed by atoms with E-state index < -0.39 is 23.5 Å². The van der Waals surface area contributed by atoms with E-state index in [9.17, 15) is 24.0 Å². The number of anilines is 2. The zero-order valence-electron chi connectivity index (χ0n) is 25.1. The van der Waals surface area contributed by atoms with Gasteiger partial charge in [-0.15, -0.1) is 22.7 Å². The Labute approximate surface area is 286 Å². The van der Waals surface area contributed by atoms with Crippen molar-refractivity contribution in [1.82, 2.24) is 19.6 Å². The standard InChI is InChI=1S/C16H13N3O5S.C15H12BrN3O3S/c1-2-24-16(23)12-10-7-25-13(17)11(10)14(20)19(18-12)9-5-3-4-8(6-9)15(21)22;1-2-22-15(21)11-9-10(13(17)23-12(9)16)14(20)19(18-11)8-6-4-3-5-7-8/h3-7H,2,17H2,1H3,(H,21,22);3-7H,2,17H2,1H3. The number of carbonyl (C=O) groups is 3. The van der Waals surface area contributed by atoms with Gasteiger partial charge in [-0.05, 0) is 60.1 Å². The van der Waals surface area contributed by atoms with Crippen molar-refractivity contribution in [3.8, 4) is 11.4 Å². The maximum Gasteiger partial charge on any atom is 0.359 e. The highest BCUT2D eigenvalue weighted by Crippen LogP contribution is 2.37. The number of carboxylic acids is 1. The van der Waals surface area contributed by atoms with Crippen LogP contribution in [0.2, 0.25) is 0 Å². The molecular formula is C31H25BrN6O8S2. The fraction of sp³-hybridized carbons (Fsp3) is 0.129. The van der Waals surface area contributed by atoms with Crippen LogP contribution in [0.1, 0.15) is 45.2 Å². The molecule has 0 aliphatic rings. The molecule has 0 saturated carbocycles. The molecule has 2 aromatic carbocycles. The quantitative estimate of drug-likeness (QED) is 0.186. The molecule has 0 aliphatic heterocycles. The summed E-state index contributed by atoms with van der Waals surface area (Å²) < 4.78 is 12.8. The Kier molecular flexibility index (Phi) is 10.0. The lowest BCUT2D eigenvalue weighted by molar-refractivity contribution is 0.0510. The number of aromatic nitrogens is 4. The van der Waals surface area contributed by atoms with Crippen molar-refractivity contribution >= 4 is 88.1 Å². The summed E-state index contributed by atoms with van der Waals surface area (Å²) in [5.74, 6) is -2.43. The maximum atomic E-state index is 12.8. The number of hydrogen-bond donors (Lipinski definition) is 3. The highest BCUT2D eigenvalue weighted by Gasteiger charge is 2.25. The number of carboxylic acid groups (broad SMARTS) is 1. The molecule has 5 N–H and O–H groups in total. The normalized spacial score (nSPS) is 10.8. The van der Waals surface area contributed by atoms with Crippen LogP contribution in [-0.4, -0.2) is 55.8 Å². The Morgan fingerprint density at radius 3 is 2.04 bits per heavy atom. The monoisotopic (exact) mass is 752 g/mol. The van der Waals surface area contributed by atoms with Gasteiger partial charge in [-0.25, -0.2) is 14.4 Å². The number of carbonyl (C=O) groups excluding carboxylic acids is 2. The first-order chi connectivity index (χ1) is 23.0. The summed E-state index contributed by atoms with van der Waals surface area (Å²) in [6.45, 7) is 3.72. The Bertz CT molecular complexity index is 2330. The Balaban J connectivity index is 0.000000188. The number of nitrogens with zero attached hydrogens (tertiary/aromatic N) is 4. The summed E-state index contributed by atoms with van der Waals surface area (Å²) in [6, 6.07) is 14.5. The third-order valence-corrected chi connectivity index (χ3v) is 9.19. The average Bonchev–Trinajstić information content (AvgIpc) is 3.61. The first kappa shape index (κ1) is 34.0. The molecule has 6 aromatic rings. The van der Waals surface area contributed by atoms with Crippen LogP contribution >= 0.6 is 38.6 Å². The van der Waals surface area contributed by atoms with Crippen LogP contribution in [0.15, 0.2) is 73.4 Å². The van der Waals surface area contributed by atoms with E-state index in [0.29, 0.717) is 25.2 Å². The van der Waals surface area contributed by atoms with E-state index in [1.165, 1.54) is 40.3 Å².